The third-order valence-electron chi connectivity index (χ3n) is 1.96. The highest BCUT2D eigenvalue weighted by Gasteiger charge is 1.98. The molecule has 0 aliphatic heterocycles. The number of hydrogen-bond donors (Lipinski definition) is 1. The molecule has 1 N–H and O–H groups in total. The first kappa shape index (κ1) is 7.35. The van der Waals surface area contributed by atoms with Crippen molar-refractivity contribution >= 4 is 11.0 Å². The predicted octanol–water partition coefficient (Wildman–Crippen LogP) is 2.52. The fraction of sp³-hybridized carbons (Fsp3) is 0.300. The van der Waals surface area contributed by atoms with E-state index in [0.717, 1.165) is 17.5 Å². The van der Waals surface area contributed by atoms with E-state index >= 15 is 0 Å². The maximum Gasteiger partial charge on any atom is 0.0881 e. The minimum atomic E-state index is 1.07. The largest absolute Gasteiger partial charge is 0.357 e. The number of pyridine rings is 1. The van der Waals surface area contributed by atoms with E-state index in [1.165, 1.54) is 12.1 Å². The summed E-state index contributed by atoms with van der Waals surface area (Å²) in [6.45, 7) is 2.18. The van der Waals surface area contributed by atoms with Gasteiger partial charge in [-0.25, -0.2) is 0 Å². The van der Waals surface area contributed by atoms with Crippen LogP contribution in [0, 0.1) is 0 Å². The lowest BCUT2D eigenvalue weighted by Gasteiger charge is -1.88. The van der Waals surface area contributed by atoms with Gasteiger partial charge in [-0.15, -0.1) is 0 Å². The Labute approximate surface area is 71.6 Å². The van der Waals surface area contributed by atoms with Crippen LogP contribution in [0.25, 0.3) is 11.0 Å². The summed E-state index contributed by atoms with van der Waals surface area (Å²) in [5.41, 5.74) is 3.49. The Kier molecular flexibility index (Phi) is 1.82. The second-order valence-electron chi connectivity index (χ2n) is 2.98. The van der Waals surface area contributed by atoms with Gasteiger partial charge in [0, 0.05) is 11.9 Å². The van der Waals surface area contributed by atoms with Crippen molar-refractivity contribution < 1.29 is 0 Å². The molecule has 0 aliphatic carbocycles. The molecule has 0 fully saturated rings. The Bertz CT molecular complexity index is 343. The normalized spacial score (nSPS) is 10.8. The lowest BCUT2D eigenvalue weighted by molar-refractivity contribution is 0.896. The molecule has 2 aromatic rings. The molecule has 0 atom stereocenters. The van der Waals surface area contributed by atoms with Crippen molar-refractivity contribution in [3.8, 4) is 0 Å². The number of aromatic nitrogens is 2. The third-order valence-corrected chi connectivity index (χ3v) is 1.96. The van der Waals surface area contributed by atoms with Crippen molar-refractivity contribution in [3.63, 3.8) is 0 Å². The van der Waals surface area contributed by atoms with E-state index in [0.29, 0.717) is 0 Å². The van der Waals surface area contributed by atoms with E-state index in [2.05, 4.69) is 29.0 Å². The quantitative estimate of drug-likeness (QED) is 0.718. The molecule has 62 valence electrons. The maximum absolute atomic E-state index is 4.25. The molecule has 0 bridgehead atoms. The van der Waals surface area contributed by atoms with Crippen LogP contribution < -0.4 is 0 Å². The molecule has 12 heavy (non-hydrogen) atoms. The van der Waals surface area contributed by atoms with Gasteiger partial charge in [-0.3, -0.25) is 4.98 Å². The van der Waals surface area contributed by atoms with Crippen molar-refractivity contribution in [1.29, 1.82) is 0 Å². The van der Waals surface area contributed by atoms with Gasteiger partial charge >= 0.3 is 0 Å². The van der Waals surface area contributed by atoms with E-state index in [-0.39, 0.29) is 0 Å². The Hall–Kier alpha value is -1.31. The van der Waals surface area contributed by atoms with Crippen LogP contribution in [0.2, 0.25) is 0 Å². The SMILES string of the molecule is CCCc1cc2ncccc2[nH]1. The second-order valence-corrected chi connectivity index (χ2v) is 2.98. The second kappa shape index (κ2) is 2.97. The van der Waals surface area contributed by atoms with Crippen molar-refractivity contribution in [2.45, 2.75) is 19.8 Å². The van der Waals surface area contributed by atoms with E-state index in [1.807, 2.05) is 12.3 Å². The number of nitrogens with one attached hydrogen (secondary N) is 1. The van der Waals surface area contributed by atoms with E-state index in [4.69, 9.17) is 0 Å². The monoisotopic (exact) mass is 160 g/mol. The van der Waals surface area contributed by atoms with Crippen LogP contribution in [-0.4, -0.2) is 9.97 Å². The van der Waals surface area contributed by atoms with Crippen molar-refractivity contribution in [3.05, 3.63) is 30.1 Å². The summed E-state index contributed by atoms with van der Waals surface area (Å²) in [6.07, 6.45) is 4.11. The van der Waals surface area contributed by atoms with Crippen LogP contribution >= 0.6 is 0 Å². The van der Waals surface area contributed by atoms with E-state index < -0.39 is 0 Å². The molecule has 0 saturated carbocycles. The van der Waals surface area contributed by atoms with Crippen LogP contribution in [0.15, 0.2) is 24.4 Å². The summed E-state index contributed by atoms with van der Waals surface area (Å²) in [5, 5.41) is 0. The highest BCUT2D eigenvalue weighted by Crippen LogP contribution is 2.12. The smallest absolute Gasteiger partial charge is 0.0881 e. The van der Waals surface area contributed by atoms with Crippen LogP contribution in [0.4, 0.5) is 0 Å². The number of fused-ring (bicyclic) bond motifs is 1. The molecular formula is C10H12N2. The average molecular weight is 160 g/mol. The highest BCUT2D eigenvalue weighted by atomic mass is 14.8. The standard InChI is InChI=1S/C10H12N2/c1-2-4-8-7-10-9(12-8)5-3-6-11-10/h3,5-7,12H,2,4H2,1H3. The molecule has 0 unspecified atom stereocenters. The zero-order valence-corrected chi connectivity index (χ0v) is 7.17. The number of aromatic amines is 1. The lowest BCUT2D eigenvalue weighted by Crippen LogP contribution is -1.79. The summed E-state index contributed by atoms with van der Waals surface area (Å²) in [5.74, 6) is 0. The third kappa shape index (κ3) is 1.20. The van der Waals surface area contributed by atoms with Gasteiger partial charge < -0.3 is 4.98 Å². The minimum Gasteiger partial charge on any atom is -0.357 e. The van der Waals surface area contributed by atoms with Gasteiger partial charge in [-0.05, 0) is 24.6 Å². The van der Waals surface area contributed by atoms with Gasteiger partial charge in [-0.1, -0.05) is 13.3 Å². The van der Waals surface area contributed by atoms with Gasteiger partial charge in [0.1, 0.15) is 0 Å². The number of aryl methyl sites for hydroxylation is 1. The van der Waals surface area contributed by atoms with Crippen molar-refractivity contribution in [2.75, 3.05) is 0 Å². The Morgan fingerprint density at radius 1 is 1.50 bits per heavy atom. The lowest BCUT2D eigenvalue weighted by atomic mass is 10.2. The van der Waals surface area contributed by atoms with Crippen LogP contribution in [0.1, 0.15) is 19.0 Å². The molecule has 0 aromatic carbocycles. The van der Waals surface area contributed by atoms with Gasteiger partial charge in [0.2, 0.25) is 0 Å². The molecule has 0 spiro atoms. The van der Waals surface area contributed by atoms with Gasteiger partial charge in [0.25, 0.3) is 0 Å². The first-order chi connectivity index (χ1) is 5.90. The fourth-order valence-corrected chi connectivity index (χ4v) is 1.42. The zero-order chi connectivity index (χ0) is 8.39. The number of H-pyrrole nitrogens is 1. The number of nitrogens with zero attached hydrogens (tertiary/aromatic N) is 1. The summed E-state index contributed by atoms with van der Waals surface area (Å²) < 4.78 is 0. The average Bonchev–Trinajstić information content (AvgIpc) is 2.47. The van der Waals surface area contributed by atoms with Gasteiger partial charge in [0.05, 0.1) is 11.0 Å². The summed E-state index contributed by atoms with van der Waals surface area (Å²) in [6, 6.07) is 6.13. The zero-order valence-electron chi connectivity index (χ0n) is 7.17. The molecule has 0 aliphatic rings. The highest BCUT2D eigenvalue weighted by molar-refractivity contribution is 5.75. The maximum atomic E-state index is 4.25. The van der Waals surface area contributed by atoms with Crippen molar-refractivity contribution in [2.24, 2.45) is 0 Å². The molecule has 0 saturated heterocycles. The number of hydrogen-bond acceptors (Lipinski definition) is 1. The van der Waals surface area contributed by atoms with E-state index in [9.17, 15) is 0 Å². The van der Waals surface area contributed by atoms with E-state index in [1.54, 1.807) is 0 Å². The Balaban J connectivity index is 2.47. The summed E-state index contributed by atoms with van der Waals surface area (Å²) in [7, 11) is 0. The molecule has 2 heteroatoms. The van der Waals surface area contributed by atoms with Gasteiger partial charge in [-0.2, -0.15) is 0 Å². The molecule has 2 heterocycles. The summed E-state index contributed by atoms with van der Waals surface area (Å²) in [4.78, 5) is 7.59. The molecule has 0 amide bonds. The van der Waals surface area contributed by atoms with Crippen LogP contribution in [0.5, 0.6) is 0 Å². The molecule has 2 rings (SSSR count). The fourth-order valence-electron chi connectivity index (χ4n) is 1.42. The van der Waals surface area contributed by atoms with Crippen LogP contribution in [-0.2, 0) is 6.42 Å². The summed E-state index contributed by atoms with van der Waals surface area (Å²) >= 11 is 0. The molecule has 0 radical (unpaired) electrons. The number of rotatable bonds is 2. The topological polar surface area (TPSA) is 28.7 Å². The molecule has 2 nitrogen and oxygen atoms in total. The molecule has 2 aromatic heterocycles. The first-order valence-electron chi connectivity index (χ1n) is 4.33. The molecular weight excluding hydrogens is 148 g/mol. The first-order valence-corrected chi connectivity index (χ1v) is 4.33. The van der Waals surface area contributed by atoms with Gasteiger partial charge in [0.15, 0.2) is 0 Å². The minimum absolute atomic E-state index is 1.07. The van der Waals surface area contributed by atoms with Crippen molar-refractivity contribution in [1.82, 2.24) is 9.97 Å². The Morgan fingerprint density at radius 3 is 3.17 bits per heavy atom. The Morgan fingerprint density at radius 2 is 2.42 bits per heavy atom. The van der Waals surface area contributed by atoms with Crippen LogP contribution in [0.3, 0.4) is 0 Å². The predicted molar refractivity (Wildman–Crippen MR) is 50.1 cm³/mol.